The second-order valence-corrected chi connectivity index (χ2v) is 16.2. The highest BCUT2D eigenvalue weighted by molar-refractivity contribution is 7.99. The van der Waals surface area contributed by atoms with Gasteiger partial charge in [0.15, 0.2) is 10.9 Å². The molecule has 0 N–H and O–H groups in total. The molecule has 0 aliphatic rings. The number of hydrogen-bond acceptors (Lipinski definition) is 6. The molecule has 2 heterocycles. The second-order valence-electron chi connectivity index (χ2n) is 10.4. The summed E-state index contributed by atoms with van der Waals surface area (Å²) in [4.78, 5) is 27.8. The maximum absolute atomic E-state index is 12.7. The molecule has 49 heavy (non-hydrogen) atoms. The molecule has 8 aromatic rings. The van der Waals surface area contributed by atoms with E-state index in [9.17, 15) is 9.59 Å². The molecule has 8 rings (SSSR count). The molecule has 2 nitrogen and oxygen atoms in total. The molecule has 0 amide bonds. The maximum Gasteiger partial charge on any atom is 0.195 e. The van der Waals surface area contributed by atoms with E-state index in [2.05, 4.69) is 12.6 Å². The smallest absolute Gasteiger partial charge is 0.195 e. The van der Waals surface area contributed by atoms with E-state index in [-0.39, 0.29) is 10.9 Å². The van der Waals surface area contributed by atoms with Crippen molar-refractivity contribution in [2.45, 2.75) is 14.7 Å². The van der Waals surface area contributed by atoms with Crippen LogP contribution in [0.15, 0.2) is 146 Å². The zero-order valence-corrected chi connectivity index (χ0v) is 32.0. The topological polar surface area (TPSA) is 34.1 Å². The van der Waals surface area contributed by atoms with Crippen LogP contribution in [0.1, 0.15) is 0 Å². The molecule has 0 atom stereocenters. The minimum absolute atomic E-state index is 0.00733. The zero-order chi connectivity index (χ0) is 34.7. The van der Waals surface area contributed by atoms with E-state index in [0.717, 1.165) is 49.3 Å². The molecule has 0 radical (unpaired) electrons. The van der Waals surface area contributed by atoms with Gasteiger partial charge in [-0.25, -0.2) is 0 Å². The fraction of sp³-hybridized carbons (Fsp3) is 0. The number of benzene rings is 6. The van der Waals surface area contributed by atoms with Gasteiger partial charge in [-0.15, -0.1) is 35.3 Å². The SMILES string of the molecule is O=c1c2ccccc2sc2c(Cl)c(Cl)ccc12.O=c1c2ccccc2sc2c(Cl)c(Sc3cccc(Cl)c3)ccc12.Sc1cccc(Cl)c1. The molecule has 11 heteroatoms. The molecular formula is C38H21Cl5O2S4. The summed E-state index contributed by atoms with van der Waals surface area (Å²) in [5.74, 6) is 0. The lowest BCUT2D eigenvalue weighted by Gasteiger charge is -2.08. The van der Waals surface area contributed by atoms with Crippen LogP contribution in [0.25, 0.3) is 40.3 Å². The van der Waals surface area contributed by atoms with Crippen molar-refractivity contribution in [3.8, 4) is 0 Å². The van der Waals surface area contributed by atoms with Crippen LogP contribution in [0.2, 0.25) is 25.1 Å². The molecule has 0 spiro atoms. The van der Waals surface area contributed by atoms with Crippen LogP contribution in [-0.2, 0) is 0 Å². The lowest BCUT2D eigenvalue weighted by molar-refractivity contribution is 1.42. The second kappa shape index (κ2) is 16.1. The van der Waals surface area contributed by atoms with E-state index >= 15 is 0 Å². The Balaban J connectivity index is 0.000000144. The number of fused-ring (bicyclic) bond motifs is 4. The van der Waals surface area contributed by atoms with Gasteiger partial charge in [-0.2, -0.15) is 0 Å². The van der Waals surface area contributed by atoms with Crippen LogP contribution in [0.4, 0.5) is 0 Å². The van der Waals surface area contributed by atoms with Crippen molar-refractivity contribution in [2.24, 2.45) is 0 Å². The molecule has 2 aromatic heterocycles. The number of thiol groups is 1. The molecule has 0 aliphatic carbocycles. The van der Waals surface area contributed by atoms with Gasteiger partial charge in [0.05, 0.1) is 24.5 Å². The van der Waals surface area contributed by atoms with Crippen molar-refractivity contribution in [3.63, 3.8) is 0 Å². The molecule has 0 saturated carbocycles. The summed E-state index contributed by atoms with van der Waals surface area (Å²) in [6.07, 6.45) is 0. The molecule has 0 bridgehead atoms. The van der Waals surface area contributed by atoms with Crippen LogP contribution in [-0.4, -0.2) is 0 Å². The molecule has 244 valence electrons. The van der Waals surface area contributed by atoms with E-state index in [0.29, 0.717) is 30.9 Å². The number of halogens is 5. The van der Waals surface area contributed by atoms with Crippen molar-refractivity contribution >= 4 is 145 Å². The molecule has 0 aliphatic heterocycles. The maximum atomic E-state index is 12.7. The standard InChI is InChI=1S/C19H10Cl2OS2.C13H6Cl2OS.C6H5ClS/c20-11-4-3-5-12(10-11)23-16-9-8-14-18(22)13-6-1-2-7-15(13)24-19(14)17(16)21;14-9-6-5-8-12(16)7-3-1-2-4-10(7)17-13(8)11(9)15;7-5-2-1-3-6(8)4-5/h1-10H;1-6H;1-4,8H. The van der Waals surface area contributed by atoms with Crippen LogP contribution < -0.4 is 10.9 Å². The van der Waals surface area contributed by atoms with Gasteiger partial charge in [0, 0.05) is 55.7 Å². The minimum Gasteiger partial charge on any atom is -0.289 e. The Morgan fingerprint density at radius 2 is 1.04 bits per heavy atom. The molecule has 6 aromatic carbocycles. The Kier molecular flexibility index (Phi) is 11.8. The van der Waals surface area contributed by atoms with Gasteiger partial charge in [0.1, 0.15) is 0 Å². The first-order valence-electron chi connectivity index (χ1n) is 14.4. The number of rotatable bonds is 2. The molecular weight excluding hydrogens is 794 g/mol. The largest absolute Gasteiger partial charge is 0.289 e. The lowest BCUT2D eigenvalue weighted by Crippen LogP contribution is -2.01. The van der Waals surface area contributed by atoms with Gasteiger partial charge in [0.2, 0.25) is 0 Å². The van der Waals surface area contributed by atoms with Crippen molar-refractivity contribution in [3.05, 3.63) is 167 Å². The summed E-state index contributed by atoms with van der Waals surface area (Å²) in [7, 11) is 0. The highest BCUT2D eigenvalue weighted by atomic mass is 35.5. The molecule has 0 fully saturated rings. The third-order valence-electron chi connectivity index (χ3n) is 7.12. The minimum atomic E-state index is 0.00733. The van der Waals surface area contributed by atoms with E-state index < -0.39 is 0 Å². The zero-order valence-electron chi connectivity index (χ0n) is 24.9. The van der Waals surface area contributed by atoms with Gasteiger partial charge in [-0.1, -0.05) is 106 Å². The van der Waals surface area contributed by atoms with E-state index in [1.807, 2.05) is 103 Å². The Labute approximate surface area is 324 Å². The highest BCUT2D eigenvalue weighted by Crippen LogP contribution is 2.40. The normalized spacial score (nSPS) is 10.9. The quantitative estimate of drug-likeness (QED) is 0.139. The monoisotopic (exact) mass is 812 g/mol. The van der Waals surface area contributed by atoms with Gasteiger partial charge in [-0.05, 0) is 84.9 Å². The van der Waals surface area contributed by atoms with Crippen LogP contribution >= 0.6 is 105 Å². The van der Waals surface area contributed by atoms with Gasteiger partial charge in [-0.3, -0.25) is 9.59 Å². The predicted molar refractivity (Wildman–Crippen MR) is 221 cm³/mol. The third-order valence-corrected chi connectivity index (χ3v) is 12.9. The lowest BCUT2D eigenvalue weighted by atomic mass is 10.2. The van der Waals surface area contributed by atoms with E-state index in [4.69, 9.17) is 58.0 Å². The van der Waals surface area contributed by atoms with Crippen molar-refractivity contribution in [1.82, 2.24) is 0 Å². The fourth-order valence-corrected chi connectivity index (χ4v) is 9.67. The average Bonchev–Trinajstić information content (AvgIpc) is 3.09. The summed E-state index contributed by atoms with van der Waals surface area (Å²) in [5, 5.41) is 5.73. The third kappa shape index (κ3) is 8.26. The van der Waals surface area contributed by atoms with Crippen LogP contribution in [0, 0.1) is 0 Å². The van der Waals surface area contributed by atoms with Gasteiger partial charge >= 0.3 is 0 Å². The molecule has 0 unspecified atom stereocenters. The van der Waals surface area contributed by atoms with Crippen molar-refractivity contribution in [1.29, 1.82) is 0 Å². The predicted octanol–water partition coefficient (Wildman–Crippen LogP) is 14.2. The first kappa shape index (κ1) is 36.1. The summed E-state index contributed by atoms with van der Waals surface area (Å²) >= 11 is 39.0. The molecule has 0 saturated heterocycles. The van der Waals surface area contributed by atoms with E-state index in [1.54, 1.807) is 41.3 Å². The Bertz CT molecular complexity index is 2600. The Morgan fingerprint density at radius 3 is 1.59 bits per heavy atom. The number of hydrogen-bond donors (Lipinski definition) is 1. The van der Waals surface area contributed by atoms with Crippen molar-refractivity contribution < 1.29 is 0 Å². The summed E-state index contributed by atoms with van der Waals surface area (Å²) < 4.78 is 3.45. The first-order valence-corrected chi connectivity index (χ1v) is 19.2. The van der Waals surface area contributed by atoms with Crippen LogP contribution in [0.3, 0.4) is 0 Å². The Morgan fingerprint density at radius 1 is 0.510 bits per heavy atom. The first-order chi connectivity index (χ1) is 23.6. The van der Waals surface area contributed by atoms with Gasteiger partial charge in [0.25, 0.3) is 0 Å². The Hall–Kier alpha value is -2.75. The van der Waals surface area contributed by atoms with Gasteiger partial charge < -0.3 is 0 Å². The highest BCUT2D eigenvalue weighted by Gasteiger charge is 2.13. The summed E-state index contributed by atoms with van der Waals surface area (Å²) in [5.41, 5.74) is 0.0356. The average molecular weight is 815 g/mol. The van der Waals surface area contributed by atoms with Crippen LogP contribution in [0.5, 0.6) is 0 Å². The van der Waals surface area contributed by atoms with E-state index in [1.165, 1.54) is 11.3 Å². The fourth-order valence-electron chi connectivity index (χ4n) is 4.84. The van der Waals surface area contributed by atoms with Crippen molar-refractivity contribution in [2.75, 3.05) is 0 Å². The summed E-state index contributed by atoms with van der Waals surface area (Å²) in [6, 6.07) is 37.3. The summed E-state index contributed by atoms with van der Waals surface area (Å²) in [6.45, 7) is 0.